The third kappa shape index (κ3) is 3.02. The second kappa shape index (κ2) is 5.26. The fourth-order valence-corrected chi connectivity index (χ4v) is 2.54. The van der Waals surface area contributed by atoms with E-state index < -0.39 is 0 Å². The molecular formula is C11H16N2OS. The Hall–Kier alpha value is -0.900. The molecule has 1 saturated carbocycles. The fourth-order valence-electron chi connectivity index (χ4n) is 2.01. The van der Waals surface area contributed by atoms with Gasteiger partial charge in [-0.15, -0.1) is 11.3 Å². The smallest absolute Gasteiger partial charge is 0.280 e. The molecule has 1 heterocycles. The van der Waals surface area contributed by atoms with Crippen LogP contribution in [0.1, 0.15) is 48.3 Å². The molecule has 1 fully saturated rings. The van der Waals surface area contributed by atoms with Gasteiger partial charge in [0, 0.05) is 17.6 Å². The number of carbonyl (C=O) groups is 1. The van der Waals surface area contributed by atoms with Crippen LogP contribution in [0.4, 0.5) is 0 Å². The summed E-state index contributed by atoms with van der Waals surface area (Å²) in [6.07, 6.45) is 9.01. The summed E-state index contributed by atoms with van der Waals surface area (Å²) in [6.45, 7) is 0. The van der Waals surface area contributed by atoms with Crippen LogP contribution < -0.4 is 5.32 Å². The Labute approximate surface area is 93.9 Å². The molecule has 1 aromatic rings. The highest BCUT2D eigenvalue weighted by Gasteiger charge is 2.16. The van der Waals surface area contributed by atoms with E-state index >= 15 is 0 Å². The first-order valence-corrected chi connectivity index (χ1v) is 6.44. The van der Waals surface area contributed by atoms with Crippen molar-refractivity contribution in [1.29, 1.82) is 0 Å². The monoisotopic (exact) mass is 224 g/mol. The van der Waals surface area contributed by atoms with Crippen LogP contribution in [0.15, 0.2) is 11.6 Å². The number of aromatic nitrogens is 1. The number of hydrogen-bond donors (Lipinski definition) is 1. The molecule has 2 rings (SSSR count). The van der Waals surface area contributed by atoms with Crippen molar-refractivity contribution in [3.05, 3.63) is 16.6 Å². The average Bonchev–Trinajstić information content (AvgIpc) is 2.65. The fraction of sp³-hybridized carbons (Fsp3) is 0.636. The molecule has 0 aromatic carbocycles. The van der Waals surface area contributed by atoms with E-state index in [4.69, 9.17) is 0 Å². The average molecular weight is 224 g/mol. The van der Waals surface area contributed by atoms with Gasteiger partial charge in [0.1, 0.15) is 0 Å². The SMILES string of the molecule is O=C(NC1CCCCCC1)c1nccs1. The van der Waals surface area contributed by atoms with Crippen LogP contribution in [0.5, 0.6) is 0 Å². The van der Waals surface area contributed by atoms with Gasteiger partial charge in [0.25, 0.3) is 5.91 Å². The Morgan fingerprint density at radius 2 is 2.07 bits per heavy atom. The van der Waals surface area contributed by atoms with Crippen LogP contribution in [-0.4, -0.2) is 16.9 Å². The lowest BCUT2D eigenvalue weighted by molar-refractivity contribution is 0.0933. The third-order valence-corrected chi connectivity index (χ3v) is 3.59. The molecule has 15 heavy (non-hydrogen) atoms. The molecule has 1 amide bonds. The van der Waals surface area contributed by atoms with Gasteiger partial charge >= 0.3 is 0 Å². The molecule has 0 radical (unpaired) electrons. The van der Waals surface area contributed by atoms with Crippen molar-refractivity contribution in [3.63, 3.8) is 0 Å². The molecule has 1 N–H and O–H groups in total. The molecule has 0 unspecified atom stereocenters. The summed E-state index contributed by atoms with van der Waals surface area (Å²) in [4.78, 5) is 15.7. The number of nitrogens with one attached hydrogen (secondary N) is 1. The van der Waals surface area contributed by atoms with E-state index in [1.165, 1.54) is 37.0 Å². The van der Waals surface area contributed by atoms with Gasteiger partial charge in [-0.25, -0.2) is 4.98 Å². The Kier molecular flexibility index (Phi) is 3.72. The van der Waals surface area contributed by atoms with Crippen LogP contribution >= 0.6 is 11.3 Å². The molecule has 0 atom stereocenters. The maximum atomic E-state index is 11.7. The number of thiazole rings is 1. The normalized spacial score (nSPS) is 18.4. The number of nitrogens with zero attached hydrogens (tertiary/aromatic N) is 1. The summed E-state index contributed by atoms with van der Waals surface area (Å²) in [5.41, 5.74) is 0. The minimum Gasteiger partial charge on any atom is -0.347 e. The largest absolute Gasteiger partial charge is 0.347 e. The van der Waals surface area contributed by atoms with Crippen LogP contribution in [0, 0.1) is 0 Å². The van der Waals surface area contributed by atoms with Crippen molar-refractivity contribution in [2.45, 2.75) is 44.6 Å². The van der Waals surface area contributed by atoms with Gasteiger partial charge in [-0.2, -0.15) is 0 Å². The maximum absolute atomic E-state index is 11.7. The predicted molar refractivity (Wildman–Crippen MR) is 61.1 cm³/mol. The van der Waals surface area contributed by atoms with Crippen molar-refractivity contribution in [1.82, 2.24) is 10.3 Å². The first-order valence-electron chi connectivity index (χ1n) is 5.56. The highest BCUT2D eigenvalue weighted by Crippen LogP contribution is 2.17. The third-order valence-electron chi connectivity index (χ3n) is 2.82. The van der Waals surface area contributed by atoms with Crippen molar-refractivity contribution in [2.24, 2.45) is 0 Å². The molecule has 0 saturated heterocycles. The van der Waals surface area contributed by atoms with Crippen molar-refractivity contribution in [3.8, 4) is 0 Å². The summed E-state index contributed by atoms with van der Waals surface area (Å²) in [7, 11) is 0. The van der Waals surface area contributed by atoms with Gasteiger partial charge < -0.3 is 5.32 Å². The number of amides is 1. The first-order chi connectivity index (χ1) is 7.36. The lowest BCUT2D eigenvalue weighted by Crippen LogP contribution is -2.34. The number of rotatable bonds is 2. The van der Waals surface area contributed by atoms with E-state index in [2.05, 4.69) is 10.3 Å². The van der Waals surface area contributed by atoms with Crippen LogP contribution in [0.3, 0.4) is 0 Å². The van der Waals surface area contributed by atoms with Gasteiger partial charge in [0.05, 0.1) is 0 Å². The molecule has 4 heteroatoms. The first kappa shape index (κ1) is 10.6. The summed E-state index contributed by atoms with van der Waals surface area (Å²) in [5.74, 6) is -0.00287. The Morgan fingerprint density at radius 1 is 1.33 bits per heavy atom. The minimum atomic E-state index is -0.00287. The standard InChI is InChI=1S/C11H16N2OS/c14-10(11-12-7-8-15-11)13-9-5-3-1-2-4-6-9/h7-9H,1-6H2,(H,13,14). The highest BCUT2D eigenvalue weighted by atomic mass is 32.1. The predicted octanol–water partition coefficient (Wildman–Crippen LogP) is 2.60. The van der Waals surface area contributed by atoms with Crippen molar-refractivity contribution in [2.75, 3.05) is 0 Å². The molecule has 82 valence electrons. The van der Waals surface area contributed by atoms with Crippen LogP contribution in [0.2, 0.25) is 0 Å². The zero-order valence-corrected chi connectivity index (χ0v) is 9.55. The Balaban J connectivity index is 1.87. The molecule has 1 aliphatic carbocycles. The highest BCUT2D eigenvalue weighted by molar-refractivity contribution is 7.11. The van der Waals surface area contributed by atoms with E-state index in [0.717, 1.165) is 12.8 Å². The quantitative estimate of drug-likeness (QED) is 0.785. The second-order valence-corrected chi connectivity index (χ2v) is 4.89. The van der Waals surface area contributed by atoms with Gasteiger partial charge in [-0.05, 0) is 12.8 Å². The lowest BCUT2D eigenvalue weighted by atomic mass is 10.1. The van der Waals surface area contributed by atoms with E-state index in [1.54, 1.807) is 6.20 Å². The maximum Gasteiger partial charge on any atom is 0.280 e. The van der Waals surface area contributed by atoms with Crippen molar-refractivity contribution >= 4 is 17.2 Å². The summed E-state index contributed by atoms with van der Waals surface area (Å²) in [5, 5.41) is 5.49. The molecule has 1 aliphatic rings. The van der Waals surface area contributed by atoms with Gasteiger partial charge in [-0.1, -0.05) is 25.7 Å². The molecule has 0 spiro atoms. The molecule has 0 aliphatic heterocycles. The van der Waals surface area contributed by atoms with Crippen LogP contribution in [0.25, 0.3) is 0 Å². The second-order valence-electron chi connectivity index (χ2n) is 4.00. The summed E-state index contributed by atoms with van der Waals surface area (Å²) in [6, 6.07) is 0.365. The van der Waals surface area contributed by atoms with E-state index in [-0.39, 0.29) is 5.91 Å². The molecular weight excluding hydrogens is 208 g/mol. The zero-order valence-electron chi connectivity index (χ0n) is 8.74. The number of hydrogen-bond acceptors (Lipinski definition) is 3. The molecule has 1 aromatic heterocycles. The Morgan fingerprint density at radius 3 is 2.67 bits per heavy atom. The molecule has 3 nitrogen and oxygen atoms in total. The van der Waals surface area contributed by atoms with Crippen LogP contribution in [-0.2, 0) is 0 Å². The van der Waals surface area contributed by atoms with Gasteiger partial charge in [-0.3, -0.25) is 4.79 Å². The number of carbonyl (C=O) groups excluding carboxylic acids is 1. The Bertz CT molecular complexity index is 302. The minimum absolute atomic E-state index is 0.00287. The summed E-state index contributed by atoms with van der Waals surface area (Å²) >= 11 is 1.40. The van der Waals surface area contributed by atoms with Gasteiger partial charge in [0.2, 0.25) is 0 Å². The summed E-state index contributed by atoms with van der Waals surface area (Å²) < 4.78 is 0. The van der Waals surface area contributed by atoms with E-state index in [1.807, 2.05) is 5.38 Å². The van der Waals surface area contributed by atoms with Crippen molar-refractivity contribution < 1.29 is 4.79 Å². The lowest BCUT2D eigenvalue weighted by Gasteiger charge is -2.14. The topological polar surface area (TPSA) is 42.0 Å². The molecule has 0 bridgehead atoms. The van der Waals surface area contributed by atoms with Gasteiger partial charge in [0.15, 0.2) is 5.01 Å². The van der Waals surface area contributed by atoms with E-state index in [9.17, 15) is 4.79 Å². The van der Waals surface area contributed by atoms with E-state index in [0.29, 0.717) is 11.0 Å². The zero-order chi connectivity index (χ0) is 10.5.